The van der Waals surface area contributed by atoms with Gasteiger partial charge in [0.25, 0.3) is 0 Å². The van der Waals surface area contributed by atoms with Gasteiger partial charge in [0.1, 0.15) is 0 Å². The maximum atomic E-state index is 4.58. The van der Waals surface area contributed by atoms with Crippen LogP contribution in [0.25, 0.3) is 0 Å². The number of aryl methyl sites for hydroxylation is 4. The summed E-state index contributed by atoms with van der Waals surface area (Å²) in [4.78, 5) is 0. The van der Waals surface area contributed by atoms with Crippen LogP contribution in [0.15, 0.2) is 22.7 Å². The first-order chi connectivity index (χ1) is 9.97. The second kappa shape index (κ2) is 6.75. The zero-order valence-corrected chi connectivity index (χ0v) is 15.1. The Morgan fingerprint density at radius 1 is 1.29 bits per heavy atom. The highest BCUT2D eigenvalue weighted by molar-refractivity contribution is 9.10. The third kappa shape index (κ3) is 3.38. The molecule has 21 heavy (non-hydrogen) atoms. The molecule has 0 fully saturated rings. The summed E-state index contributed by atoms with van der Waals surface area (Å²) in [6.45, 7) is 6.45. The van der Waals surface area contributed by atoms with Crippen molar-refractivity contribution in [2.24, 2.45) is 7.05 Å². The molecule has 0 saturated carbocycles. The number of rotatable bonds is 5. The van der Waals surface area contributed by atoms with Gasteiger partial charge in [-0.25, -0.2) is 0 Å². The number of hydrogen-bond acceptors (Lipinski definition) is 2. The van der Waals surface area contributed by atoms with Crippen LogP contribution in [0.4, 0.5) is 0 Å². The molecule has 0 aliphatic heterocycles. The minimum Gasteiger partial charge on any atom is -0.313 e. The van der Waals surface area contributed by atoms with Crippen LogP contribution in [0.5, 0.6) is 0 Å². The maximum absolute atomic E-state index is 4.58. The molecule has 114 valence electrons. The molecule has 0 aliphatic carbocycles. The van der Waals surface area contributed by atoms with Gasteiger partial charge < -0.3 is 5.32 Å². The van der Waals surface area contributed by atoms with E-state index in [0.29, 0.717) is 6.04 Å². The van der Waals surface area contributed by atoms with E-state index >= 15 is 0 Å². The van der Waals surface area contributed by atoms with Gasteiger partial charge in [-0.2, -0.15) is 5.10 Å². The fourth-order valence-corrected chi connectivity index (χ4v) is 3.38. The molecule has 1 unspecified atom stereocenters. The van der Waals surface area contributed by atoms with Crippen molar-refractivity contribution in [2.45, 2.75) is 39.7 Å². The second-order valence-electron chi connectivity index (χ2n) is 5.57. The lowest BCUT2D eigenvalue weighted by Gasteiger charge is -2.18. The Morgan fingerprint density at radius 3 is 2.52 bits per heavy atom. The van der Waals surface area contributed by atoms with Crippen molar-refractivity contribution >= 4 is 15.9 Å². The Labute approximate surface area is 135 Å². The van der Waals surface area contributed by atoms with E-state index in [2.05, 4.69) is 65.3 Å². The third-order valence-electron chi connectivity index (χ3n) is 4.18. The Morgan fingerprint density at radius 2 is 2.00 bits per heavy atom. The topological polar surface area (TPSA) is 29.9 Å². The van der Waals surface area contributed by atoms with Crippen LogP contribution >= 0.6 is 15.9 Å². The van der Waals surface area contributed by atoms with Crippen LogP contribution in [-0.4, -0.2) is 16.8 Å². The summed E-state index contributed by atoms with van der Waals surface area (Å²) < 4.78 is 3.14. The van der Waals surface area contributed by atoms with Gasteiger partial charge in [0.15, 0.2) is 0 Å². The predicted octanol–water partition coefficient (Wildman–Crippen LogP) is 3.87. The lowest BCUT2D eigenvalue weighted by Crippen LogP contribution is -2.20. The van der Waals surface area contributed by atoms with E-state index in [-0.39, 0.29) is 0 Å². The van der Waals surface area contributed by atoms with E-state index in [1.54, 1.807) is 0 Å². The Balaban J connectivity index is 2.31. The van der Waals surface area contributed by atoms with E-state index in [4.69, 9.17) is 0 Å². The zero-order chi connectivity index (χ0) is 15.6. The van der Waals surface area contributed by atoms with Crippen molar-refractivity contribution in [1.82, 2.24) is 15.1 Å². The standard InChI is InChI=1S/C17H24BrN3/c1-6-14-17(18)16(21(5)20-14)10-15(19-4)13-8-7-11(2)12(3)9-13/h7-9,15,19H,6,10H2,1-5H3. The van der Waals surface area contributed by atoms with Gasteiger partial charge >= 0.3 is 0 Å². The molecule has 1 atom stereocenters. The van der Waals surface area contributed by atoms with E-state index in [1.807, 2.05) is 18.8 Å². The van der Waals surface area contributed by atoms with Gasteiger partial charge in [-0.05, 0) is 59.9 Å². The van der Waals surface area contributed by atoms with E-state index in [9.17, 15) is 0 Å². The van der Waals surface area contributed by atoms with Gasteiger partial charge in [0.2, 0.25) is 0 Å². The fraction of sp³-hybridized carbons (Fsp3) is 0.471. The summed E-state index contributed by atoms with van der Waals surface area (Å²) in [5.41, 5.74) is 6.37. The van der Waals surface area contributed by atoms with E-state index < -0.39 is 0 Å². The number of aromatic nitrogens is 2. The molecule has 1 N–H and O–H groups in total. The lowest BCUT2D eigenvalue weighted by atomic mass is 9.98. The van der Waals surface area contributed by atoms with Crippen LogP contribution in [0.2, 0.25) is 0 Å². The molecule has 2 rings (SSSR count). The predicted molar refractivity (Wildman–Crippen MR) is 91.7 cm³/mol. The van der Waals surface area contributed by atoms with Gasteiger partial charge in [0, 0.05) is 19.5 Å². The number of likely N-dealkylation sites (N-methyl/N-ethyl adjacent to an activating group) is 1. The first kappa shape index (κ1) is 16.2. The Hall–Kier alpha value is -1.13. The van der Waals surface area contributed by atoms with Crippen molar-refractivity contribution in [3.8, 4) is 0 Å². The van der Waals surface area contributed by atoms with Gasteiger partial charge in [0.05, 0.1) is 15.9 Å². The minimum absolute atomic E-state index is 0.292. The van der Waals surface area contributed by atoms with Crippen LogP contribution < -0.4 is 5.32 Å². The molecule has 0 radical (unpaired) electrons. The molecule has 3 nitrogen and oxygen atoms in total. The van der Waals surface area contributed by atoms with Crippen LogP contribution in [0, 0.1) is 13.8 Å². The molecule has 1 heterocycles. The largest absolute Gasteiger partial charge is 0.313 e. The van der Waals surface area contributed by atoms with Crippen molar-refractivity contribution in [3.63, 3.8) is 0 Å². The highest BCUT2D eigenvalue weighted by Gasteiger charge is 2.18. The lowest BCUT2D eigenvalue weighted by molar-refractivity contribution is 0.559. The van der Waals surface area contributed by atoms with Crippen LogP contribution in [0.3, 0.4) is 0 Å². The highest BCUT2D eigenvalue weighted by atomic mass is 79.9. The number of halogens is 1. The minimum atomic E-state index is 0.292. The molecule has 4 heteroatoms. The van der Waals surface area contributed by atoms with Gasteiger partial charge in [-0.1, -0.05) is 25.1 Å². The summed E-state index contributed by atoms with van der Waals surface area (Å²) in [7, 11) is 4.04. The molecule has 2 aromatic rings. The third-order valence-corrected chi connectivity index (χ3v) is 5.10. The number of hydrogen-bond donors (Lipinski definition) is 1. The summed E-state index contributed by atoms with van der Waals surface area (Å²) in [5, 5.41) is 8.02. The van der Waals surface area contributed by atoms with Crippen molar-refractivity contribution in [2.75, 3.05) is 7.05 Å². The second-order valence-corrected chi connectivity index (χ2v) is 6.37. The molecule has 0 saturated heterocycles. The zero-order valence-electron chi connectivity index (χ0n) is 13.5. The van der Waals surface area contributed by atoms with Crippen molar-refractivity contribution in [3.05, 3.63) is 50.8 Å². The molecular formula is C17H24BrN3. The SMILES string of the molecule is CCc1nn(C)c(CC(NC)c2ccc(C)c(C)c2)c1Br. The summed E-state index contributed by atoms with van der Waals surface area (Å²) >= 11 is 3.71. The van der Waals surface area contributed by atoms with E-state index in [0.717, 1.165) is 23.0 Å². The summed E-state index contributed by atoms with van der Waals surface area (Å²) in [5.74, 6) is 0. The molecule has 0 amide bonds. The molecule has 1 aromatic heterocycles. The van der Waals surface area contributed by atoms with E-state index in [1.165, 1.54) is 22.4 Å². The molecule has 0 bridgehead atoms. The Kier molecular flexibility index (Phi) is 5.22. The average Bonchev–Trinajstić information content (AvgIpc) is 2.74. The summed E-state index contributed by atoms with van der Waals surface area (Å²) in [6.07, 6.45) is 1.87. The van der Waals surface area contributed by atoms with Crippen LogP contribution in [-0.2, 0) is 19.9 Å². The normalized spacial score (nSPS) is 12.7. The molecule has 0 spiro atoms. The van der Waals surface area contributed by atoms with Crippen molar-refractivity contribution in [1.29, 1.82) is 0 Å². The molecular weight excluding hydrogens is 326 g/mol. The maximum Gasteiger partial charge on any atom is 0.0766 e. The highest BCUT2D eigenvalue weighted by Crippen LogP contribution is 2.27. The smallest absolute Gasteiger partial charge is 0.0766 e. The first-order valence-corrected chi connectivity index (χ1v) is 8.21. The number of benzene rings is 1. The number of nitrogens with zero attached hydrogens (tertiary/aromatic N) is 2. The Bertz CT molecular complexity index is 631. The monoisotopic (exact) mass is 349 g/mol. The molecule has 1 aromatic carbocycles. The first-order valence-electron chi connectivity index (χ1n) is 7.42. The van der Waals surface area contributed by atoms with Gasteiger partial charge in [-0.3, -0.25) is 4.68 Å². The van der Waals surface area contributed by atoms with Crippen LogP contribution in [0.1, 0.15) is 41.0 Å². The molecule has 0 aliphatic rings. The average molecular weight is 350 g/mol. The van der Waals surface area contributed by atoms with Crippen molar-refractivity contribution < 1.29 is 0 Å². The summed E-state index contributed by atoms with van der Waals surface area (Å²) in [6, 6.07) is 6.99. The number of nitrogens with one attached hydrogen (secondary N) is 1. The van der Waals surface area contributed by atoms with Gasteiger partial charge in [-0.15, -0.1) is 0 Å². The quantitative estimate of drug-likeness (QED) is 0.887. The fourth-order valence-electron chi connectivity index (χ4n) is 2.60.